The summed E-state index contributed by atoms with van der Waals surface area (Å²) in [5, 5.41) is 8.72. The molecule has 0 heterocycles. The molecular weight excluding hydrogens is 338 g/mol. The molecule has 0 bridgehead atoms. The van der Waals surface area contributed by atoms with Crippen molar-refractivity contribution in [2.45, 2.75) is 18.8 Å². The van der Waals surface area contributed by atoms with E-state index >= 15 is 0 Å². The van der Waals surface area contributed by atoms with E-state index < -0.39 is 12.4 Å². The number of aliphatic hydroxyl groups is 1. The van der Waals surface area contributed by atoms with Crippen molar-refractivity contribution in [2.75, 3.05) is 6.61 Å². The number of rotatable bonds is 4. The Morgan fingerprint density at radius 3 is 2.44 bits per heavy atom. The molecule has 1 atom stereocenters. The van der Waals surface area contributed by atoms with Gasteiger partial charge >= 0.3 is 6.36 Å². The number of aliphatic hydroxyl groups excluding tert-OH is 1. The van der Waals surface area contributed by atoms with Gasteiger partial charge in [-0.2, -0.15) is 0 Å². The Morgan fingerprint density at radius 1 is 1.33 bits per heavy atom. The van der Waals surface area contributed by atoms with Crippen molar-refractivity contribution in [1.29, 1.82) is 0 Å². The van der Waals surface area contributed by atoms with Crippen LogP contribution in [0, 0.1) is 0 Å². The third-order valence-electron chi connectivity index (χ3n) is 2.00. The van der Waals surface area contributed by atoms with Gasteiger partial charge in [0.25, 0.3) is 0 Å². The van der Waals surface area contributed by atoms with E-state index in [1.165, 1.54) is 12.1 Å². The van der Waals surface area contributed by atoms with E-state index in [4.69, 9.17) is 10.8 Å². The lowest BCUT2D eigenvalue weighted by Crippen LogP contribution is -2.18. The summed E-state index contributed by atoms with van der Waals surface area (Å²) in [5.74, 6) is -0.338. The molecule has 0 aliphatic rings. The van der Waals surface area contributed by atoms with Crippen LogP contribution >= 0.6 is 28.3 Å². The summed E-state index contributed by atoms with van der Waals surface area (Å²) in [6.45, 7) is -0.136. The number of alkyl halides is 3. The van der Waals surface area contributed by atoms with Crippen LogP contribution in [0.15, 0.2) is 22.7 Å². The fraction of sp³-hybridized carbons (Fsp3) is 0.400. The Kier molecular flexibility index (Phi) is 6.98. The van der Waals surface area contributed by atoms with Gasteiger partial charge in [0.05, 0.1) is 0 Å². The quantitative estimate of drug-likeness (QED) is 0.877. The van der Waals surface area contributed by atoms with Gasteiger partial charge in [0.1, 0.15) is 5.75 Å². The van der Waals surface area contributed by atoms with E-state index in [-0.39, 0.29) is 31.2 Å². The van der Waals surface area contributed by atoms with Crippen LogP contribution < -0.4 is 10.5 Å². The molecule has 0 radical (unpaired) electrons. The predicted molar refractivity (Wildman–Crippen MR) is 66.7 cm³/mol. The molecule has 0 saturated carbocycles. The molecule has 104 valence electrons. The first kappa shape index (κ1) is 17.5. The summed E-state index contributed by atoms with van der Waals surface area (Å²) in [6.07, 6.45) is -4.47. The number of benzene rings is 1. The number of hydrogen-bond acceptors (Lipinski definition) is 3. The molecule has 3 nitrogen and oxygen atoms in total. The molecule has 0 spiro atoms. The molecule has 0 fully saturated rings. The molecule has 1 aromatic rings. The summed E-state index contributed by atoms with van der Waals surface area (Å²) in [7, 11) is 0. The van der Waals surface area contributed by atoms with Crippen molar-refractivity contribution in [2.24, 2.45) is 5.73 Å². The highest BCUT2D eigenvalue weighted by atomic mass is 79.9. The van der Waals surface area contributed by atoms with Crippen LogP contribution in [0.4, 0.5) is 13.2 Å². The summed E-state index contributed by atoms with van der Waals surface area (Å²) in [5.41, 5.74) is 6.15. The van der Waals surface area contributed by atoms with E-state index in [1.54, 1.807) is 6.07 Å². The highest BCUT2D eigenvalue weighted by molar-refractivity contribution is 9.10. The van der Waals surface area contributed by atoms with Gasteiger partial charge in [0.15, 0.2) is 0 Å². The van der Waals surface area contributed by atoms with Gasteiger partial charge in [-0.15, -0.1) is 25.6 Å². The third-order valence-corrected chi connectivity index (χ3v) is 2.45. The summed E-state index contributed by atoms with van der Waals surface area (Å²) in [6, 6.07) is 3.46. The van der Waals surface area contributed by atoms with Crippen LogP contribution in [0.3, 0.4) is 0 Å². The van der Waals surface area contributed by atoms with Crippen LogP contribution in [0.25, 0.3) is 0 Å². The van der Waals surface area contributed by atoms with Gasteiger partial charge < -0.3 is 15.6 Å². The Labute approximate surface area is 117 Å². The van der Waals surface area contributed by atoms with Gasteiger partial charge in [-0.05, 0) is 30.2 Å². The SMILES string of the molecule is Cl.N[C@H](CCO)c1cc(Br)cc(OC(F)(F)F)c1. The molecule has 18 heavy (non-hydrogen) atoms. The number of halogens is 5. The number of hydrogen-bond donors (Lipinski definition) is 2. The molecule has 0 aliphatic heterocycles. The van der Waals surface area contributed by atoms with Crippen LogP contribution in [-0.4, -0.2) is 18.1 Å². The highest BCUT2D eigenvalue weighted by Gasteiger charge is 2.31. The number of nitrogens with two attached hydrogens (primary N) is 1. The average molecular weight is 351 g/mol. The first-order valence-corrected chi connectivity index (χ1v) is 5.54. The zero-order chi connectivity index (χ0) is 13.1. The van der Waals surface area contributed by atoms with E-state index in [0.29, 0.717) is 10.0 Å². The maximum atomic E-state index is 12.0. The van der Waals surface area contributed by atoms with Crippen molar-refractivity contribution in [3.05, 3.63) is 28.2 Å². The number of ether oxygens (including phenoxy) is 1. The second-order valence-corrected chi connectivity index (χ2v) is 4.30. The Balaban J connectivity index is 0.00000289. The molecule has 3 N–H and O–H groups in total. The van der Waals surface area contributed by atoms with Crippen LogP contribution in [0.5, 0.6) is 5.75 Å². The van der Waals surface area contributed by atoms with E-state index in [2.05, 4.69) is 20.7 Å². The fourth-order valence-corrected chi connectivity index (χ4v) is 1.79. The minimum absolute atomic E-state index is 0. The Morgan fingerprint density at radius 2 is 1.94 bits per heavy atom. The van der Waals surface area contributed by atoms with Gasteiger partial charge in [0.2, 0.25) is 0 Å². The summed E-state index contributed by atoms with van der Waals surface area (Å²) in [4.78, 5) is 0. The van der Waals surface area contributed by atoms with Gasteiger partial charge in [-0.3, -0.25) is 0 Å². The standard InChI is InChI=1S/C10H11BrF3NO2.ClH/c11-7-3-6(9(15)1-2-16)4-8(5-7)17-10(12,13)14;/h3-5,9,16H,1-2,15H2;1H/t9-;/m1./s1. The van der Waals surface area contributed by atoms with Gasteiger partial charge in [-0.25, -0.2) is 0 Å². The van der Waals surface area contributed by atoms with Crippen LogP contribution in [0.2, 0.25) is 0 Å². The lowest BCUT2D eigenvalue weighted by molar-refractivity contribution is -0.274. The first-order valence-electron chi connectivity index (χ1n) is 4.74. The monoisotopic (exact) mass is 349 g/mol. The molecule has 0 saturated heterocycles. The largest absolute Gasteiger partial charge is 0.573 e. The minimum Gasteiger partial charge on any atom is -0.406 e. The second kappa shape index (κ2) is 7.18. The highest BCUT2D eigenvalue weighted by Crippen LogP contribution is 2.29. The molecule has 0 aliphatic carbocycles. The van der Waals surface area contributed by atoms with Crippen molar-refractivity contribution in [3.63, 3.8) is 0 Å². The molecular formula is C10H12BrClF3NO2. The molecule has 1 aromatic carbocycles. The van der Waals surface area contributed by atoms with Crippen molar-refractivity contribution >= 4 is 28.3 Å². The normalized spacial score (nSPS) is 12.8. The van der Waals surface area contributed by atoms with Crippen molar-refractivity contribution < 1.29 is 23.0 Å². The van der Waals surface area contributed by atoms with E-state index in [0.717, 1.165) is 0 Å². The lowest BCUT2D eigenvalue weighted by atomic mass is 10.1. The molecule has 0 aromatic heterocycles. The summed E-state index contributed by atoms with van der Waals surface area (Å²) >= 11 is 3.07. The smallest absolute Gasteiger partial charge is 0.406 e. The molecule has 0 unspecified atom stereocenters. The second-order valence-electron chi connectivity index (χ2n) is 3.39. The fourth-order valence-electron chi connectivity index (χ4n) is 1.30. The molecule has 8 heteroatoms. The average Bonchev–Trinajstić information content (AvgIpc) is 2.14. The Bertz CT molecular complexity index is 390. The van der Waals surface area contributed by atoms with Gasteiger partial charge in [-0.1, -0.05) is 15.9 Å². The zero-order valence-electron chi connectivity index (χ0n) is 9.08. The summed E-state index contributed by atoms with van der Waals surface area (Å²) < 4.78 is 40.4. The van der Waals surface area contributed by atoms with E-state index in [9.17, 15) is 13.2 Å². The third kappa shape index (κ3) is 5.90. The van der Waals surface area contributed by atoms with Crippen molar-refractivity contribution in [1.82, 2.24) is 0 Å². The molecule has 0 amide bonds. The Hall–Kier alpha value is -0.500. The van der Waals surface area contributed by atoms with Crippen LogP contribution in [0.1, 0.15) is 18.0 Å². The van der Waals surface area contributed by atoms with Gasteiger partial charge in [0, 0.05) is 17.1 Å². The van der Waals surface area contributed by atoms with E-state index in [1.807, 2.05) is 0 Å². The maximum Gasteiger partial charge on any atom is 0.573 e. The minimum atomic E-state index is -4.74. The predicted octanol–water partition coefficient (Wildman–Crippen LogP) is 3.15. The first-order chi connectivity index (χ1) is 7.81. The molecule has 1 rings (SSSR count). The van der Waals surface area contributed by atoms with Crippen LogP contribution in [-0.2, 0) is 0 Å². The maximum absolute atomic E-state index is 12.0. The topological polar surface area (TPSA) is 55.5 Å². The zero-order valence-corrected chi connectivity index (χ0v) is 11.5. The van der Waals surface area contributed by atoms with Crippen molar-refractivity contribution in [3.8, 4) is 5.75 Å². The lowest BCUT2D eigenvalue weighted by Gasteiger charge is -2.14.